The van der Waals surface area contributed by atoms with Crippen molar-refractivity contribution in [3.05, 3.63) is 59.2 Å². The Hall–Kier alpha value is -3.79. The van der Waals surface area contributed by atoms with Crippen LogP contribution in [0, 0.1) is 0 Å². The summed E-state index contributed by atoms with van der Waals surface area (Å²) in [6.45, 7) is 2.48. The molecule has 3 aromatic rings. The van der Waals surface area contributed by atoms with Gasteiger partial charge in [0.25, 0.3) is 5.91 Å². The quantitative estimate of drug-likeness (QED) is 0.293. The summed E-state index contributed by atoms with van der Waals surface area (Å²) < 4.78 is 0. The summed E-state index contributed by atoms with van der Waals surface area (Å²) in [5, 5.41) is 21.6. The summed E-state index contributed by atoms with van der Waals surface area (Å²) in [6.07, 6.45) is 5.66. The number of amides is 1. The number of aliphatic carboxylic acids is 2. The molecule has 0 radical (unpaired) electrons. The Morgan fingerprint density at radius 2 is 2.03 bits per heavy atom. The highest BCUT2D eigenvalue weighted by Gasteiger charge is 2.24. The number of aromatic amines is 1. The van der Waals surface area contributed by atoms with Gasteiger partial charge in [-0.15, -0.1) is 0 Å². The molecule has 0 saturated carbocycles. The van der Waals surface area contributed by atoms with Crippen molar-refractivity contribution in [1.82, 2.24) is 20.3 Å². The first-order valence-corrected chi connectivity index (χ1v) is 10.6. The summed E-state index contributed by atoms with van der Waals surface area (Å²) in [6, 6.07) is 4.07. The molecule has 3 rings (SSSR count). The number of hydrogen-bond donors (Lipinski definition) is 5. The Bertz CT molecular complexity index is 1160. The summed E-state index contributed by atoms with van der Waals surface area (Å²) in [7, 11) is 0. The molecule has 1 amide bonds. The molecule has 6 N–H and O–H groups in total. The number of carboxylic acids is 2. The molecule has 2 heterocycles. The van der Waals surface area contributed by atoms with E-state index in [-0.39, 0.29) is 18.8 Å². The first-order valence-electron chi connectivity index (χ1n) is 10.6. The Kier molecular flexibility index (Phi) is 7.73. The first-order chi connectivity index (χ1) is 15.8. The predicted molar refractivity (Wildman–Crippen MR) is 121 cm³/mol. The summed E-state index contributed by atoms with van der Waals surface area (Å²) in [5.74, 6) is -2.96. The maximum Gasteiger partial charge on any atom is 0.326 e. The average molecular weight is 453 g/mol. The van der Waals surface area contributed by atoms with E-state index >= 15 is 0 Å². The lowest BCUT2D eigenvalue weighted by Gasteiger charge is -2.18. The van der Waals surface area contributed by atoms with Crippen molar-refractivity contribution < 1.29 is 24.6 Å². The van der Waals surface area contributed by atoms with Crippen LogP contribution in [-0.4, -0.2) is 55.6 Å². The van der Waals surface area contributed by atoms with E-state index in [2.05, 4.69) is 20.3 Å². The van der Waals surface area contributed by atoms with Gasteiger partial charge < -0.3 is 26.2 Å². The summed E-state index contributed by atoms with van der Waals surface area (Å²) in [4.78, 5) is 46.8. The molecule has 1 aromatic carbocycles. The summed E-state index contributed by atoms with van der Waals surface area (Å²) in [5.41, 5.74) is 9.50. The maximum atomic E-state index is 13.0. The molecule has 2 atom stereocenters. The number of nitrogens with one attached hydrogen (secondary N) is 2. The molecular formula is C23H27N5O5. The van der Waals surface area contributed by atoms with Gasteiger partial charge in [-0.05, 0) is 54.5 Å². The third-order valence-corrected chi connectivity index (χ3v) is 5.54. The van der Waals surface area contributed by atoms with Crippen LogP contribution in [0.2, 0.25) is 0 Å². The number of fused-ring (bicyclic) bond motifs is 1. The number of rotatable bonds is 11. The Labute approximate surface area is 190 Å². The first kappa shape index (κ1) is 23.9. The number of H-pyrrole nitrogens is 1. The molecule has 0 fully saturated rings. The van der Waals surface area contributed by atoms with Gasteiger partial charge in [0.1, 0.15) is 18.0 Å². The Morgan fingerprint density at radius 3 is 2.73 bits per heavy atom. The molecule has 0 aliphatic carbocycles. The van der Waals surface area contributed by atoms with Crippen LogP contribution in [0.5, 0.6) is 0 Å². The van der Waals surface area contributed by atoms with E-state index in [4.69, 9.17) is 10.8 Å². The van der Waals surface area contributed by atoms with Crippen molar-refractivity contribution in [2.75, 3.05) is 6.54 Å². The van der Waals surface area contributed by atoms with Gasteiger partial charge in [-0.1, -0.05) is 19.1 Å². The van der Waals surface area contributed by atoms with E-state index in [1.54, 1.807) is 18.3 Å². The molecule has 0 aliphatic rings. The van der Waals surface area contributed by atoms with Gasteiger partial charge >= 0.3 is 11.9 Å². The van der Waals surface area contributed by atoms with Crippen LogP contribution in [0.4, 0.5) is 0 Å². The maximum absolute atomic E-state index is 13.0. The molecule has 0 spiro atoms. The van der Waals surface area contributed by atoms with Crippen molar-refractivity contribution in [3.63, 3.8) is 0 Å². The zero-order chi connectivity index (χ0) is 24.0. The number of hydrogen-bond acceptors (Lipinski definition) is 6. The number of aromatic nitrogens is 3. The van der Waals surface area contributed by atoms with Gasteiger partial charge in [-0.3, -0.25) is 9.59 Å². The lowest BCUT2D eigenvalue weighted by molar-refractivity contribution is -0.140. The Morgan fingerprint density at radius 1 is 1.24 bits per heavy atom. The van der Waals surface area contributed by atoms with Crippen LogP contribution < -0.4 is 11.1 Å². The number of carboxylic acid groups (broad SMARTS) is 2. The van der Waals surface area contributed by atoms with Gasteiger partial charge in [0.05, 0.1) is 0 Å². The van der Waals surface area contributed by atoms with Crippen LogP contribution >= 0.6 is 0 Å². The van der Waals surface area contributed by atoms with E-state index in [9.17, 15) is 19.5 Å². The molecular weight excluding hydrogens is 426 g/mol. The highest BCUT2D eigenvalue weighted by molar-refractivity contribution is 5.98. The fraction of sp³-hybridized carbons (Fsp3) is 0.348. The van der Waals surface area contributed by atoms with Crippen LogP contribution in [0.25, 0.3) is 11.0 Å². The minimum atomic E-state index is -1.30. The van der Waals surface area contributed by atoms with E-state index < -0.39 is 23.9 Å². The molecule has 0 bridgehead atoms. The smallest absolute Gasteiger partial charge is 0.326 e. The number of nitrogens with zero attached hydrogens (tertiary/aromatic N) is 2. The second-order valence-electron chi connectivity index (χ2n) is 7.96. The molecule has 0 aliphatic heterocycles. The molecule has 33 heavy (non-hydrogen) atoms. The van der Waals surface area contributed by atoms with Crippen molar-refractivity contribution in [3.8, 4) is 0 Å². The molecule has 2 aromatic heterocycles. The molecule has 1 unspecified atom stereocenters. The van der Waals surface area contributed by atoms with Crippen LogP contribution in [0.15, 0.2) is 36.9 Å². The van der Waals surface area contributed by atoms with Crippen molar-refractivity contribution in [1.29, 1.82) is 0 Å². The fourth-order valence-corrected chi connectivity index (χ4v) is 3.85. The zero-order valence-electron chi connectivity index (χ0n) is 18.2. The second-order valence-corrected chi connectivity index (χ2v) is 7.96. The molecule has 0 saturated heterocycles. The van der Waals surface area contributed by atoms with Gasteiger partial charge in [-0.2, -0.15) is 0 Å². The SMILES string of the molecule is CC(Cc1cc(CCN)ccc1C(=O)N[C@@H](CCC(=O)O)C(=O)O)c1c[nH]c2ncncc12. The average Bonchev–Trinajstić information content (AvgIpc) is 3.21. The van der Waals surface area contributed by atoms with E-state index in [0.717, 1.165) is 27.7 Å². The third kappa shape index (κ3) is 5.92. The normalized spacial score (nSPS) is 12.9. The standard InChI is InChI=1S/C23H27N5O5/c1-13(17-11-26-21-18(17)10-25-12-27-21)8-15-9-14(6-7-24)2-3-16(15)22(31)28-19(23(32)33)4-5-20(29)30/h2-3,9-13,19H,4-8,24H2,1H3,(H,28,31)(H,29,30)(H,32,33)(H,25,26,27)/t13?,19-/m0/s1. The molecule has 10 heteroatoms. The topological polar surface area (TPSA) is 171 Å². The van der Waals surface area contributed by atoms with E-state index in [1.807, 2.05) is 19.2 Å². The number of carbonyl (C=O) groups excluding carboxylic acids is 1. The minimum absolute atomic E-state index is 0.00621. The monoisotopic (exact) mass is 453 g/mol. The predicted octanol–water partition coefficient (Wildman–Crippen LogP) is 1.85. The van der Waals surface area contributed by atoms with Crippen molar-refractivity contribution >= 4 is 28.9 Å². The van der Waals surface area contributed by atoms with Gasteiger partial charge in [0, 0.05) is 29.8 Å². The lowest BCUT2D eigenvalue weighted by Crippen LogP contribution is -2.41. The fourth-order valence-electron chi connectivity index (χ4n) is 3.85. The van der Waals surface area contributed by atoms with Crippen molar-refractivity contribution in [2.45, 2.75) is 44.6 Å². The largest absolute Gasteiger partial charge is 0.481 e. The number of benzene rings is 1. The molecule has 10 nitrogen and oxygen atoms in total. The van der Waals surface area contributed by atoms with E-state index in [1.165, 1.54) is 6.33 Å². The minimum Gasteiger partial charge on any atom is -0.481 e. The second kappa shape index (κ2) is 10.7. The van der Waals surface area contributed by atoms with Gasteiger partial charge in [0.2, 0.25) is 0 Å². The van der Waals surface area contributed by atoms with Crippen LogP contribution in [-0.2, 0) is 22.4 Å². The number of nitrogens with two attached hydrogens (primary N) is 1. The van der Waals surface area contributed by atoms with Crippen LogP contribution in [0.3, 0.4) is 0 Å². The van der Waals surface area contributed by atoms with E-state index in [0.29, 0.717) is 24.9 Å². The highest BCUT2D eigenvalue weighted by Crippen LogP contribution is 2.28. The van der Waals surface area contributed by atoms with Gasteiger partial charge in [0.15, 0.2) is 0 Å². The number of carbonyl (C=O) groups is 3. The van der Waals surface area contributed by atoms with Crippen LogP contribution in [0.1, 0.15) is 52.7 Å². The third-order valence-electron chi connectivity index (χ3n) is 5.54. The zero-order valence-corrected chi connectivity index (χ0v) is 18.2. The van der Waals surface area contributed by atoms with Crippen molar-refractivity contribution in [2.24, 2.45) is 5.73 Å². The van der Waals surface area contributed by atoms with Gasteiger partial charge in [-0.25, -0.2) is 14.8 Å². The highest BCUT2D eigenvalue weighted by atomic mass is 16.4. The molecule has 174 valence electrons. The summed E-state index contributed by atoms with van der Waals surface area (Å²) >= 11 is 0. The Balaban J connectivity index is 1.88. The lowest BCUT2D eigenvalue weighted by atomic mass is 9.90.